The Labute approximate surface area is 108 Å². The van der Waals surface area contributed by atoms with Gasteiger partial charge in [0.2, 0.25) is 0 Å². The lowest BCUT2D eigenvalue weighted by atomic mass is 10.1. The monoisotopic (exact) mass is 275 g/mol. The van der Waals surface area contributed by atoms with Crippen molar-refractivity contribution in [3.8, 4) is 0 Å². The topological polar surface area (TPSA) is 20.3 Å². The van der Waals surface area contributed by atoms with Crippen LogP contribution in [0, 0.1) is 5.82 Å². The third kappa shape index (κ3) is 2.88. The molecule has 19 heavy (non-hydrogen) atoms. The van der Waals surface area contributed by atoms with Gasteiger partial charge in [0, 0.05) is 18.2 Å². The lowest BCUT2D eigenvalue weighted by molar-refractivity contribution is -0.140. The van der Waals surface area contributed by atoms with Gasteiger partial charge in [0.05, 0.1) is 5.56 Å². The number of carbonyl (C=O) groups is 1. The first kappa shape index (κ1) is 13.8. The van der Waals surface area contributed by atoms with Gasteiger partial charge in [0.1, 0.15) is 5.82 Å². The predicted molar refractivity (Wildman–Crippen MR) is 61.1 cm³/mol. The summed E-state index contributed by atoms with van der Waals surface area (Å²) < 4.78 is 50.9. The highest BCUT2D eigenvalue weighted by Crippen LogP contribution is 2.33. The van der Waals surface area contributed by atoms with Gasteiger partial charge in [-0.05, 0) is 38.0 Å². The van der Waals surface area contributed by atoms with Crippen molar-refractivity contribution in [3.05, 3.63) is 35.1 Å². The minimum absolute atomic E-state index is 0.108. The van der Waals surface area contributed by atoms with Crippen LogP contribution >= 0.6 is 0 Å². The standard InChI is InChI=1S/C13H13F4NO/c1-2-18(9-4-5-9)12(19)8-3-6-11(14)10(7-8)13(15,16)17/h3,6-7,9H,2,4-5H2,1H3. The van der Waals surface area contributed by atoms with E-state index >= 15 is 0 Å². The molecule has 1 aliphatic rings. The molecule has 1 saturated carbocycles. The first-order valence-corrected chi connectivity index (χ1v) is 6.02. The number of rotatable bonds is 3. The van der Waals surface area contributed by atoms with Gasteiger partial charge in [0.15, 0.2) is 0 Å². The van der Waals surface area contributed by atoms with E-state index in [1.165, 1.54) is 4.90 Å². The zero-order chi connectivity index (χ0) is 14.2. The SMILES string of the molecule is CCN(C(=O)c1ccc(F)c(C(F)(F)F)c1)C1CC1. The second-order valence-electron chi connectivity index (χ2n) is 4.51. The van der Waals surface area contributed by atoms with E-state index in [0.717, 1.165) is 18.9 Å². The number of alkyl halides is 3. The van der Waals surface area contributed by atoms with Crippen LogP contribution in [-0.4, -0.2) is 23.4 Å². The summed E-state index contributed by atoms with van der Waals surface area (Å²) in [4.78, 5) is 13.6. The zero-order valence-electron chi connectivity index (χ0n) is 10.3. The van der Waals surface area contributed by atoms with Crippen molar-refractivity contribution in [1.29, 1.82) is 0 Å². The molecule has 1 amide bonds. The maximum atomic E-state index is 13.1. The van der Waals surface area contributed by atoms with E-state index in [0.29, 0.717) is 18.7 Å². The second kappa shape index (κ2) is 4.83. The van der Waals surface area contributed by atoms with E-state index < -0.39 is 23.5 Å². The summed E-state index contributed by atoms with van der Waals surface area (Å²) in [6.07, 6.45) is -3.06. The van der Waals surface area contributed by atoms with Gasteiger partial charge in [0.25, 0.3) is 5.91 Å². The Kier molecular flexibility index (Phi) is 3.52. The van der Waals surface area contributed by atoms with Crippen molar-refractivity contribution in [1.82, 2.24) is 4.90 Å². The Morgan fingerprint density at radius 1 is 1.37 bits per heavy atom. The number of amides is 1. The fourth-order valence-electron chi connectivity index (χ4n) is 2.00. The molecule has 0 unspecified atom stereocenters. The van der Waals surface area contributed by atoms with E-state index in [1.54, 1.807) is 6.92 Å². The van der Waals surface area contributed by atoms with Gasteiger partial charge in [-0.1, -0.05) is 0 Å². The molecule has 1 aliphatic carbocycles. The number of hydrogen-bond donors (Lipinski definition) is 0. The van der Waals surface area contributed by atoms with Gasteiger partial charge < -0.3 is 4.90 Å². The Balaban J connectivity index is 2.32. The number of nitrogens with zero attached hydrogens (tertiary/aromatic N) is 1. The smallest absolute Gasteiger partial charge is 0.336 e. The molecule has 0 heterocycles. The Morgan fingerprint density at radius 3 is 2.47 bits per heavy atom. The summed E-state index contributed by atoms with van der Waals surface area (Å²) in [5.74, 6) is -1.84. The molecule has 6 heteroatoms. The molecular formula is C13H13F4NO. The summed E-state index contributed by atoms with van der Waals surface area (Å²) in [6.45, 7) is 2.20. The fourth-order valence-corrected chi connectivity index (χ4v) is 2.00. The van der Waals surface area contributed by atoms with Crippen LogP contribution in [0.3, 0.4) is 0 Å². The van der Waals surface area contributed by atoms with Gasteiger partial charge in [-0.2, -0.15) is 13.2 Å². The van der Waals surface area contributed by atoms with Crippen molar-refractivity contribution in [2.24, 2.45) is 0 Å². The maximum absolute atomic E-state index is 13.1. The molecule has 104 valence electrons. The summed E-state index contributed by atoms with van der Waals surface area (Å²) in [5, 5.41) is 0. The predicted octanol–water partition coefficient (Wildman–Crippen LogP) is 3.47. The number of hydrogen-bond acceptors (Lipinski definition) is 1. The van der Waals surface area contributed by atoms with Crippen LogP contribution < -0.4 is 0 Å². The third-order valence-corrected chi connectivity index (χ3v) is 3.11. The van der Waals surface area contributed by atoms with Gasteiger partial charge in [-0.25, -0.2) is 4.39 Å². The van der Waals surface area contributed by atoms with Gasteiger partial charge >= 0.3 is 6.18 Å². The average molecular weight is 275 g/mol. The molecule has 1 aromatic rings. The van der Waals surface area contributed by atoms with Crippen LogP contribution in [0.25, 0.3) is 0 Å². The summed E-state index contributed by atoms with van der Waals surface area (Å²) in [7, 11) is 0. The lowest BCUT2D eigenvalue weighted by Crippen LogP contribution is -2.33. The molecule has 0 aromatic heterocycles. The normalized spacial score (nSPS) is 15.4. The number of halogens is 4. The molecule has 1 aromatic carbocycles. The minimum Gasteiger partial charge on any atom is -0.336 e. The molecule has 2 nitrogen and oxygen atoms in total. The molecule has 0 bridgehead atoms. The molecule has 0 radical (unpaired) electrons. The van der Waals surface area contributed by atoms with Crippen LogP contribution in [-0.2, 0) is 6.18 Å². The quantitative estimate of drug-likeness (QED) is 0.773. The van der Waals surface area contributed by atoms with E-state index in [4.69, 9.17) is 0 Å². The zero-order valence-corrected chi connectivity index (χ0v) is 10.3. The third-order valence-electron chi connectivity index (χ3n) is 3.11. The van der Waals surface area contributed by atoms with Crippen molar-refractivity contribution >= 4 is 5.91 Å². The Morgan fingerprint density at radius 2 is 2.00 bits per heavy atom. The first-order valence-electron chi connectivity index (χ1n) is 6.02. The van der Waals surface area contributed by atoms with Crippen molar-refractivity contribution < 1.29 is 22.4 Å². The highest BCUT2D eigenvalue weighted by Gasteiger charge is 2.36. The van der Waals surface area contributed by atoms with Crippen LogP contribution in [0.2, 0.25) is 0 Å². The number of benzene rings is 1. The van der Waals surface area contributed by atoms with Gasteiger partial charge in [-0.15, -0.1) is 0 Å². The molecule has 0 N–H and O–H groups in total. The van der Waals surface area contributed by atoms with Crippen LogP contribution in [0.15, 0.2) is 18.2 Å². The Bertz CT molecular complexity index is 494. The first-order chi connectivity index (χ1) is 8.84. The molecule has 0 spiro atoms. The maximum Gasteiger partial charge on any atom is 0.419 e. The van der Waals surface area contributed by atoms with E-state index in [2.05, 4.69) is 0 Å². The van der Waals surface area contributed by atoms with E-state index in [9.17, 15) is 22.4 Å². The summed E-state index contributed by atoms with van der Waals surface area (Å²) >= 11 is 0. The largest absolute Gasteiger partial charge is 0.419 e. The van der Waals surface area contributed by atoms with Crippen LogP contribution in [0.4, 0.5) is 17.6 Å². The molecule has 0 saturated heterocycles. The highest BCUT2D eigenvalue weighted by molar-refractivity contribution is 5.94. The van der Waals surface area contributed by atoms with E-state index in [1.807, 2.05) is 0 Å². The molecule has 1 fully saturated rings. The molecule has 2 rings (SSSR count). The highest BCUT2D eigenvalue weighted by atomic mass is 19.4. The van der Waals surface area contributed by atoms with Gasteiger partial charge in [-0.3, -0.25) is 4.79 Å². The average Bonchev–Trinajstić information content (AvgIpc) is 3.13. The lowest BCUT2D eigenvalue weighted by Gasteiger charge is -2.21. The van der Waals surface area contributed by atoms with Crippen LogP contribution in [0.5, 0.6) is 0 Å². The van der Waals surface area contributed by atoms with Crippen molar-refractivity contribution in [3.63, 3.8) is 0 Å². The molecular weight excluding hydrogens is 262 g/mol. The van der Waals surface area contributed by atoms with Crippen molar-refractivity contribution in [2.45, 2.75) is 32.0 Å². The molecule has 0 aliphatic heterocycles. The number of carbonyl (C=O) groups excluding carboxylic acids is 1. The van der Waals surface area contributed by atoms with Crippen LogP contribution in [0.1, 0.15) is 35.7 Å². The Hall–Kier alpha value is -1.59. The molecule has 0 atom stereocenters. The fraction of sp³-hybridized carbons (Fsp3) is 0.462. The van der Waals surface area contributed by atoms with Crippen molar-refractivity contribution in [2.75, 3.05) is 6.54 Å². The summed E-state index contributed by atoms with van der Waals surface area (Å²) in [6, 6.07) is 2.48. The van der Waals surface area contributed by atoms with E-state index in [-0.39, 0.29) is 11.6 Å². The second-order valence-corrected chi connectivity index (χ2v) is 4.51. The summed E-state index contributed by atoms with van der Waals surface area (Å²) in [5.41, 5.74) is -1.52. The minimum atomic E-state index is -4.79.